The number of thiophene rings is 1. The van der Waals surface area contributed by atoms with Crippen LogP contribution >= 0.6 is 35.3 Å². The predicted octanol–water partition coefficient (Wildman–Crippen LogP) is 4.25. The second kappa shape index (κ2) is 12.4. The zero-order chi connectivity index (χ0) is 19.7. The van der Waals surface area contributed by atoms with Gasteiger partial charge in [0.25, 0.3) is 0 Å². The SMILES string of the molecule is CCNC(=NCc1ccc(COC(C)C)cc1)NCC(C)(O)c1cccs1.I. The van der Waals surface area contributed by atoms with E-state index in [1.54, 1.807) is 11.3 Å². The molecular formula is C21H32IN3O2S. The standard InChI is InChI=1S/C21H31N3O2S.HI/c1-5-22-20(24-15-21(4,25)19-7-6-12-27-19)23-13-17-8-10-18(11-9-17)14-26-16(2)3;/h6-12,16,25H,5,13-15H2,1-4H3,(H2,22,23,24);1H. The van der Waals surface area contributed by atoms with Gasteiger partial charge in [0.2, 0.25) is 0 Å². The fourth-order valence-corrected chi connectivity index (χ4v) is 3.23. The number of hydrogen-bond donors (Lipinski definition) is 3. The molecule has 1 aromatic carbocycles. The number of ether oxygens (including phenoxy) is 1. The lowest BCUT2D eigenvalue weighted by Crippen LogP contribution is -2.44. The third-order valence-corrected chi connectivity index (χ3v) is 5.15. The second-order valence-electron chi connectivity index (χ2n) is 6.98. The number of aliphatic imine (C=N–C) groups is 1. The zero-order valence-corrected chi connectivity index (χ0v) is 20.2. The van der Waals surface area contributed by atoms with E-state index >= 15 is 0 Å². The van der Waals surface area contributed by atoms with Gasteiger partial charge >= 0.3 is 0 Å². The Morgan fingerprint density at radius 1 is 1.18 bits per heavy atom. The van der Waals surface area contributed by atoms with E-state index in [0.29, 0.717) is 25.7 Å². The average molecular weight is 517 g/mol. The molecule has 0 aliphatic heterocycles. The van der Waals surface area contributed by atoms with Gasteiger partial charge in [-0.1, -0.05) is 30.3 Å². The summed E-state index contributed by atoms with van der Waals surface area (Å²) in [5.41, 5.74) is 1.36. The minimum Gasteiger partial charge on any atom is -0.383 e. The molecule has 7 heteroatoms. The van der Waals surface area contributed by atoms with Crippen molar-refractivity contribution in [1.29, 1.82) is 0 Å². The van der Waals surface area contributed by atoms with Crippen LogP contribution in [0.25, 0.3) is 0 Å². The Morgan fingerprint density at radius 2 is 1.86 bits per heavy atom. The fourth-order valence-electron chi connectivity index (χ4n) is 2.44. The quantitative estimate of drug-likeness (QED) is 0.264. The van der Waals surface area contributed by atoms with Crippen molar-refractivity contribution >= 4 is 41.3 Å². The van der Waals surface area contributed by atoms with Crippen molar-refractivity contribution < 1.29 is 9.84 Å². The predicted molar refractivity (Wildman–Crippen MR) is 128 cm³/mol. The van der Waals surface area contributed by atoms with Gasteiger partial charge in [-0.25, -0.2) is 4.99 Å². The van der Waals surface area contributed by atoms with E-state index in [1.807, 2.05) is 45.2 Å². The summed E-state index contributed by atoms with van der Waals surface area (Å²) in [5.74, 6) is 0.696. The van der Waals surface area contributed by atoms with Crippen molar-refractivity contribution in [3.8, 4) is 0 Å². The summed E-state index contributed by atoms with van der Waals surface area (Å²) >= 11 is 1.55. The van der Waals surface area contributed by atoms with Crippen molar-refractivity contribution in [1.82, 2.24) is 10.6 Å². The Bertz CT molecular complexity index is 701. The molecule has 0 radical (unpaired) electrons. The van der Waals surface area contributed by atoms with E-state index < -0.39 is 5.60 Å². The summed E-state index contributed by atoms with van der Waals surface area (Å²) in [7, 11) is 0. The molecule has 0 fully saturated rings. The lowest BCUT2D eigenvalue weighted by atomic mass is 10.1. The van der Waals surface area contributed by atoms with Crippen LogP contribution in [-0.4, -0.2) is 30.3 Å². The lowest BCUT2D eigenvalue weighted by Gasteiger charge is -2.23. The minimum absolute atomic E-state index is 0. The first-order chi connectivity index (χ1) is 12.9. The van der Waals surface area contributed by atoms with Gasteiger partial charge in [0, 0.05) is 11.4 Å². The van der Waals surface area contributed by atoms with Crippen LogP contribution in [-0.2, 0) is 23.5 Å². The van der Waals surface area contributed by atoms with Crippen LogP contribution in [0.4, 0.5) is 0 Å². The summed E-state index contributed by atoms with van der Waals surface area (Å²) in [4.78, 5) is 5.56. The first kappa shape index (κ1) is 24.9. The van der Waals surface area contributed by atoms with Gasteiger partial charge in [-0.2, -0.15) is 0 Å². The van der Waals surface area contributed by atoms with E-state index in [4.69, 9.17) is 4.74 Å². The molecule has 2 aromatic rings. The monoisotopic (exact) mass is 517 g/mol. The molecule has 0 bridgehead atoms. The third kappa shape index (κ3) is 8.46. The maximum Gasteiger partial charge on any atom is 0.191 e. The molecule has 3 N–H and O–H groups in total. The molecule has 0 amide bonds. The Balaban J connectivity index is 0.00000392. The fraction of sp³-hybridized carbons (Fsp3) is 0.476. The van der Waals surface area contributed by atoms with E-state index in [2.05, 4.69) is 39.9 Å². The first-order valence-electron chi connectivity index (χ1n) is 9.38. The lowest BCUT2D eigenvalue weighted by molar-refractivity contribution is 0.0654. The van der Waals surface area contributed by atoms with Crippen molar-refractivity contribution in [2.75, 3.05) is 13.1 Å². The van der Waals surface area contributed by atoms with Crippen LogP contribution in [0.2, 0.25) is 0 Å². The highest BCUT2D eigenvalue weighted by Crippen LogP contribution is 2.24. The summed E-state index contributed by atoms with van der Waals surface area (Å²) < 4.78 is 5.62. The van der Waals surface area contributed by atoms with Gasteiger partial charge in [0.15, 0.2) is 5.96 Å². The number of guanidine groups is 1. The number of halogens is 1. The van der Waals surface area contributed by atoms with Crippen LogP contribution in [0.3, 0.4) is 0 Å². The normalized spacial score (nSPS) is 13.7. The van der Waals surface area contributed by atoms with E-state index in [9.17, 15) is 5.11 Å². The van der Waals surface area contributed by atoms with Crippen molar-refractivity contribution in [3.63, 3.8) is 0 Å². The topological polar surface area (TPSA) is 65.9 Å². The summed E-state index contributed by atoms with van der Waals surface area (Å²) in [5, 5.41) is 19.1. The molecular weight excluding hydrogens is 485 g/mol. The maximum atomic E-state index is 10.7. The van der Waals surface area contributed by atoms with Gasteiger partial charge in [-0.15, -0.1) is 35.3 Å². The van der Waals surface area contributed by atoms with E-state index in [1.165, 1.54) is 0 Å². The van der Waals surface area contributed by atoms with Crippen molar-refractivity contribution in [2.24, 2.45) is 4.99 Å². The summed E-state index contributed by atoms with van der Waals surface area (Å²) in [6.45, 7) is 10.3. The number of nitrogens with zero attached hydrogens (tertiary/aromatic N) is 1. The zero-order valence-electron chi connectivity index (χ0n) is 17.1. The maximum absolute atomic E-state index is 10.7. The van der Waals surface area contributed by atoms with Crippen LogP contribution < -0.4 is 10.6 Å². The number of benzene rings is 1. The smallest absolute Gasteiger partial charge is 0.191 e. The molecule has 0 saturated heterocycles. The molecule has 1 unspecified atom stereocenters. The molecule has 2 rings (SSSR count). The molecule has 28 heavy (non-hydrogen) atoms. The average Bonchev–Trinajstić information content (AvgIpc) is 3.19. The van der Waals surface area contributed by atoms with Gasteiger partial charge in [0.1, 0.15) is 5.60 Å². The van der Waals surface area contributed by atoms with E-state index in [0.717, 1.165) is 22.5 Å². The van der Waals surface area contributed by atoms with Crippen molar-refractivity contribution in [3.05, 3.63) is 57.8 Å². The van der Waals surface area contributed by atoms with Crippen molar-refractivity contribution in [2.45, 2.75) is 52.6 Å². The van der Waals surface area contributed by atoms with Gasteiger partial charge in [0.05, 0.1) is 25.8 Å². The second-order valence-corrected chi connectivity index (χ2v) is 7.92. The number of aliphatic hydroxyl groups is 1. The van der Waals surface area contributed by atoms with Crippen LogP contribution in [0.1, 0.15) is 43.7 Å². The van der Waals surface area contributed by atoms with Gasteiger partial charge < -0.3 is 20.5 Å². The number of hydrogen-bond acceptors (Lipinski definition) is 4. The summed E-state index contributed by atoms with van der Waals surface area (Å²) in [6, 6.07) is 12.2. The first-order valence-corrected chi connectivity index (χ1v) is 10.3. The number of nitrogens with one attached hydrogen (secondary N) is 2. The molecule has 1 heterocycles. The molecule has 0 aliphatic rings. The van der Waals surface area contributed by atoms with Crippen LogP contribution in [0, 0.1) is 0 Å². The molecule has 156 valence electrons. The highest BCUT2D eigenvalue weighted by molar-refractivity contribution is 14.0. The molecule has 0 aliphatic carbocycles. The largest absolute Gasteiger partial charge is 0.383 e. The number of rotatable bonds is 9. The van der Waals surface area contributed by atoms with E-state index in [-0.39, 0.29) is 30.1 Å². The Labute approximate surface area is 189 Å². The highest BCUT2D eigenvalue weighted by Gasteiger charge is 2.24. The minimum atomic E-state index is -0.928. The Kier molecular flexibility index (Phi) is 11.0. The molecule has 5 nitrogen and oxygen atoms in total. The molecule has 1 atom stereocenters. The highest BCUT2D eigenvalue weighted by atomic mass is 127. The Hall–Kier alpha value is -1.16. The van der Waals surface area contributed by atoms with Gasteiger partial charge in [-0.05, 0) is 50.3 Å². The molecule has 0 spiro atoms. The Morgan fingerprint density at radius 3 is 2.43 bits per heavy atom. The van der Waals surface area contributed by atoms with Crippen LogP contribution in [0.15, 0.2) is 46.8 Å². The third-order valence-electron chi connectivity index (χ3n) is 4.02. The molecule has 1 aromatic heterocycles. The summed E-state index contributed by atoms with van der Waals surface area (Å²) in [6.07, 6.45) is 0.231. The molecule has 0 saturated carbocycles. The van der Waals surface area contributed by atoms with Gasteiger partial charge in [-0.3, -0.25) is 0 Å². The van der Waals surface area contributed by atoms with Crippen LogP contribution in [0.5, 0.6) is 0 Å².